The van der Waals surface area contributed by atoms with Crippen molar-refractivity contribution >= 4 is 0 Å². The minimum atomic E-state index is -4.67. The molecular formula is C20H13F6NO. The third-order valence-electron chi connectivity index (χ3n) is 4.08. The van der Waals surface area contributed by atoms with Gasteiger partial charge in [-0.05, 0) is 29.8 Å². The van der Waals surface area contributed by atoms with Crippen LogP contribution in [-0.4, -0.2) is 10.1 Å². The Morgan fingerprint density at radius 3 is 1.43 bits per heavy atom. The van der Waals surface area contributed by atoms with Crippen LogP contribution in [0.4, 0.5) is 26.3 Å². The molecule has 1 N–H and O–H groups in total. The molecule has 0 fully saturated rings. The van der Waals surface area contributed by atoms with Crippen LogP contribution >= 0.6 is 0 Å². The van der Waals surface area contributed by atoms with E-state index < -0.39 is 30.1 Å². The van der Waals surface area contributed by atoms with E-state index in [1.165, 1.54) is 48.5 Å². The van der Waals surface area contributed by atoms with Crippen molar-refractivity contribution in [3.8, 4) is 22.5 Å². The second kappa shape index (κ2) is 7.27. The Bertz CT molecular complexity index is 919. The molecule has 0 bridgehead atoms. The normalized spacial score (nSPS) is 12.2. The summed E-state index contributed by atoms with van der Waals surface area (Å²) in [6, 6.07) is 11.7. The zero-order chi connectivity index (χ0) is 20.5. The Morgan fingerprint density at radius 1 is 0.679 bits per heavy atom. The fraction of sp³-hybridized carbons (Fsp3) is 0.150. The second-order valence-corrected chi connectivity index (χ2v) is 5.99. The lowest BCUT2D eigenvalue weighted by Crippen LogP contribution is -2.09. The van der Waals surface area contributed by atoms with Gasteiger partial charge < -0.3 is 5.11 Å². The number of aliphatic hydroxyl groups excluding tert-OH is 1. The topological polar surface area (TPSA) is 33.1 Å². The molecule has 0 spiro atoms. The summed E-state index contributed by atoms with van der Waals surface area (Å²) in [5.74, 6) is 0. The van der Waals surface area contributed by atoms with Gasteiger partial charge in [-0.1, -0.05) is 36.4 Å². The number of alkyl halides is 6. The molecule has 0 aliphatic heterocycles. The molecule has 0 atom stereocenters. The van der Waals surface area contributed by atoms with Crippen LogP contribution in [0.3, 0.4) is 0 Å². The number of nitrogens with zero attached hydrogens (tertiary/aromatic N) is 1. The summed E-state index contributed by atoms with van der Waals surface area (Å²) in [7, 11) is 0. The molecule has 0 aliphatic rings. The molecule has 0 radical (unpaired) electrons. The van der Waals surface area contributed by atoms with Gasteiger partial charge in [0.1, 0.15) is 0 Å². The maximum atomic E-state index is 13.3. The molecule has 146 valence electrons. The molecule has 0 amide bonds. The van der Waals surface area contributed by atoms with E-state index in [1.54, 1.807) is 0 Å². The minimum absolute atomic E-state index is 0.147. The Morgan fingerprint density at radius 2 is 1.07 bits per heavy atom. The van der Waals surface area contributed by atoms with Gasteiger partial charge in [0.05, 0.1) is 29.1 Å². The number of aromatic nitrogens is 1. The SMILES string of the molecule is OCc1cc(-c2ccccc2C(F)(F)F)nc(-c2ccccc2C(F)(F)F)c1. The molecule has 0 unspecified atom stereocenters. The molecule has 8 heteroatoms. The van der Waals surface area contributed by atoms with Crippen molar-refractivity contribution in [2.24, 2.45) is 0 Å². The Kier molecular flexibility index (Phi) is 5.16. The molecule has 28 heavy (non-hydrogen) atoms. The van der Waals surface area contributed by atoms with Crippen LogP contribution in [0.2, 0.25) is 0 Å². The minimum Gasteiger partial charge on any atom is -0.392 e. The number of aliphatic hydroxyl groups is 1. The maximum absolute atomic E-state index is 13.3. The van der Waals surface area contributed by atoms with E-state index in [2.05, 4.69) is 4.98 Å². The van der Waals surface area contributed by atoms with E-state index in [4.69, 9.17) is 0 Å². The fourth-order valence-electron chi connectivity index (χ4n) is 2.86. The summed E-state index contributed by atoms with van der Waals surface area (Å²) >= 11 is 0. The van der Waals surface area contributed by atoms with Crippen molar-refractivity contribution in [2.45, 2.75) is 19.0 Å². The third kappa shape index (κ3) is 4.01. The number of pyridine rings is 1. The highest BCUT2D eigenvalue weighted by Crippen LogP contribution is 2.39. The number of hydrogen-bond donors (Lipinski definition) is 1. The van der Waals surface area contributed by atoms with Gasteiger partial charge in [-0.3, -0.25) is 0 Å². The van der Waals surface area contributed by atoms with Gasteiger partial charge in [-0.25, -0.2) is 4.98 Å². The lowest BCUT2D eigenvalue weighted by atomic mass is 9.98. The van der Waals surface area contributed by atoms with Crippen molar-refractivity contribution in [1.82, 2.24) is 4.98 Å². The lowest BCUT2D eigenvalue weighted by Gasteiger charge is -2.16. The first-order valence-electron chi connectivity index (χ1n) is 8.06. The van der Waals surface area contributed by atoms with Crippen molar-refractivity contribution < 1.29 is 31.4 Å². The van der Waals surface area contributed by atoms with Crippen LogP contribution in [0.1, 0.15) is 16.7 Å². The van der Waals surface area contributed by atoms with Crippen molar-refractivity contribution in [1.29, 1.82) is 0 Å². The third-order valence-corrected chi connectivity index (χ3v) is 4.08. The zero-order valence-corrected chi connectivity index (χ0v) is 14.1. The summed E-state index contributed by atoms with van der Waals surface area (Å²) in [5.41, 5.74) is -2.70. The maximum Gasteiger partial charge on any atom is 0.417 e. The summed E-state index contributed by atoms with van der Waals surface area (Å²) < 4.78 is 80.0. The van der Waals surface area contributed by atoms with E-state index >= 15 is 0 Å². The van der Waals surface area contributed by atoms with Gasteiger partial charge in [-0.2, -0.15) is 26.3 Å². The molecule has 1 aromatic heterocycles. The first-order valence-corrected chi connectivity index (χ1v) is 8.06. The number of halogens is 6. The Labute approximate surface area is 156 Å². The van der Waals surface area contributed by atoms with Crippen LogP contribution in [0.5, 0.6) is 0 Å². The lowest BCUT2D eigenvalue weighted by molar-refractivity contribution is -0.137. The van der Waals surface area contributed by atoms with Gasteiger partial charge in [0.2, 0.25) is 0 Å². The van der Waals surface area contributed by atoms with Crippen molar-refractivity contribution in [3.63, 3.8) is 0 Å². The summed E-state index contributed by atoms with van der Waals surface area (Å²) in [5, 5.41) is 9.47. The van der Waals surface area contributed by atoms with Crippen molar-refractivity contribution in [3.05, 3.63) is 77.4 Å². The zero-order valence-electron chi connectivity index (χ0n) is 14.1. The molecule has 1 heterocycles. The highest BCUT2D eigenvalue weighted by molar-refractivity contribution is 5.71. The van der Waals surface area contributed by atoms with Crippen LogP contribution in [0.15, 0.2) is 60.7 Å². The molecule has 0 saturated heterocycles. The van der Waals surface area contributed by atoms with Crippen molar-refractivity contribution in [2.75, 3.05) is 0 Å². The van der Waals surface area contributed by atoms with E-state index in [9.17, 15) is 31.4 Å². The second-order valence-electron chi connectivity index (χ2n) is 5.99. The first kappa shape index (κ1) is 19.9. The smallest absolute Gasteiger partial charge is 0.392 e. The summed E-state index contributed by atoms with van der Waals surface area (Å²) in [4.78, 5) is 4.06. The van der Waals surface area contributed by atoms with Crippen LogP contribution in [0, 0.1) is 0 Å². The standard InChI is InChI=1S/C20H13F6NO/c21-19(22,23)15-7-3-1-5-13(15)17-9-12(11-28)10-18(27-17)14-6-2-4-8-16(14)20(24,25)26/h1-10,28H,11H2. The Balaban J connectivity index is 2.26. The summed E-state index contributed by atoms with van der Waals surface area (Å²) in [6.07, 6.45) is -9.34. The monoisotopic (exact) mass is 397 g/mol. The molecule has 0 saturated carbocycles. The fourth-order valence-corrected chi connectivity index (χ4v) is 2.86. The number of rotatable bonds is 3. The molecule has 0 aliphatic carbocycles. The van der Waals surface area contributed by atoms with Gasteiger partial charge in [0, 0.05) is 11.1 Å². The number of benzene rings is 2. The largest absolute Gasteiger partial charge is 0.417 e. The Hall–Kier alpha value is -2.87. The number of hydrogen-bond acceptors (Lipinski definition) is 2. The molecule has 3 rings (SSSR count). The molecule has 2 nitrogen and oxygen atoms in total. The van der Waals surface area contributed by atoms with Crippen LogP contribution in [-0.2, 0) is 19.0 Å². The average Bonchev–Trinajstić information content (AvgIpc) is 2.66. The predicted molar refractivity (Wildman–Crippen MR) is 91.0 cm³/mol. The predicted octanol–water partition coefficient (Wildman–Crippen LogP) is 5.95. The van der Waals surface area contributed by atoms with E-state index in [0.29, 0.717) is 0 Å². The van der Waals surface area contributed by atoms with Crippen LogP contribution in [0.25, 0.3) is 22.5 Å². The van der Waals surface area contributed by atoms with Gasteiger partial charge in [0.25, 0.3) is 0 Å². The molecule has 3 aromatic rings. The van der Waals surface area contributed by atoms with Gasteiger partial charge >= 0.3 is 12.4 Å². The van der Waals surface area contributed by atoms with E-state index in [0.717, 1.165) is 12.1 Å². The quantitative estimate of drug-likeness (QED) is 0.555. The van der Waals surface area contributed by atoms with Crippen LogP contribution < -0.4 is 0 Å². The molecular weight excluding hydrogens is 384 g/mol. The van der Waals surface area contributed by atoms with Gasteiger partial charge in [0.15, 0.2) is 0 Å². The van der Waals surface area contributed by atoms with Gasteiger partial charge in [-0.15, -0.1) is 0 Å². The highest BCUT2D eigenvalue weighted by Gasteiger charge is 2.35. The molecule has 2 aromatic carbocycles. The van der Waals surface area contributed by atoms with E-state index in [-0.39, 0.29) is 28.1 Å². The average molecular weight is 397 g/mol. The highest BCUT2D eigenvalue weighted by atomic mass is 19.4. The summed E-state index contributed by atoms with van der Waals surface area (Å²) in [6.45, 7) is -0.565. The first-order chi connectivity index (χ1) is 13.1. The van der Waals surface area contributed by atoms with E-state index in [1.807, 2.05) is 0 Å².